The molecule has 0 saturated carbocycles. The van der Waals surface area contributed by atoms with Crippen LogP contribution >= 0.6 is 79.6 Å². The molecule has 1 heterocycles. The molecule has 7 heteroatoms. The third-order valence-corrected chi connectivity index (χ3v) is 10.4. The third kappa shape index (κ3) is 2.34. The summed E-state index contributed by atoms with van der Waals surface area (Å²) in [7, 11) is 0. The van der Waals surface area contributed by atoms with E-state index in [4.69, 9.17) is 4.74 Å². The molecular weight excluding hydrogens is 504 g/mol. The molecule has 0 spiro atoms. The zero-order chi connectivity index (χ0) is 10.3. The van der Waals surface area contributed by atoms with Crippen molar-refractivity contribution in [3.63, 3.8) is 0 Å². The largest absolute Gasteiger partial charge is 0.464 e. The molecule has 1 atom stereocenters. The van der Waals surface area contributed by atoms with Crippen LogP contribution < -0.4 is 0 Å². The van der Waals surface area contributed by atoms with Gasteiger partial charge in [0.25, 0.3) is 0 Å². The van der Waals surface area contributed by atoms with E-state index in [-0.39, 0.29) is 10.8 Å². The molecule has 0 aromatic carbocycles. The predicted octanol–water partition coefficient (Wildman–Crippen LogP) is 3.67. The molecule has 1 unspecified atom stereocenters. The smallest absolute Gasteiger partial charge is 0.336 e. The van der Waals surface area contributed by atoms with Gasteiger partial charge >= 0.3 is 5.97 Å². The summed E-state index contributed by atoms with van der Waals surface area (Å²) < 4.78 is 3.43. The number of carbonyl (C=O) groups excluding carboxylic acids is 1. The molecule has 0 bridgehead atoms. The quantitative estimate of drug-likeness (QED) is 0.369. The Labute approximate surface area is 118 Å². The Morgan fingerprint density at radius 3 is 2.38 bits per heavy atom. The summed E-state index contributed by atoms with van der Waals surface area (Å²) in [5.74, 6) is -0.344. The number of rotatable bonds is 0. The molecule has 0 aromatic rings. The van der Waals surface area contributed by atoms with E-state index in [0.717, 1.165) is 6.42 Å². The van der Waals surface area contributed by atoms with E-state index in [9.17, 15) is 4.79 Å². The fraction of sp³-hybridized carbons (Fsp3) is 0.833. The number of carbonyl (C=O) groups is 1. The average Bonchev–Trinajstić information content (AvgIpc) is 2.06. The van der Waals surface area contributed by atoms with Crippen LogP contribution in [-0.2, 0) is 9.53 Å². The predicted molar refractivity (Wildman–Crippen MR) is 69.5 cm³/mol. The second-order valence-corrected chi connectivity index (χ2v) is 10.7. The lowest BCUT2D eigenvalue weighted by Crippen LogP contribution is -2.45. The summed E-state index contributed by atoms with van der Waals surface area (Å²) in [6.45, 7) is 0.409. The fourth-order valence-corrected chi connectivity index (χ4v) is 3.57. The second kappa shape index (κ2) is 4.39. The van der Waals surface area contributed by atoms with Crippen molar-refractivity contribution in [1.82, 2.24) is 0 Å². The van der Waals surface area contributed by atoms with E-state index in [1.165, 1.54) is 0 Å². The number of ether oxygens (including phenoxy) is 1. The van der Waals surface area contributed by atoms with Crippen LogP contribution in [-0.4, -0.2) is 23.9 Å². The Bertz CT molecular complexity index is 227. The van der Waals surface area contributed by atoms with Crippen LogP contribution in [0.2, 0.25) is 0 Å². The molecule has 76 valence electrons. The third-order valence-electron chi connectivity index (χ3n) is 1.67. The van der Waals surface area contributed by atoms with Gasteiger partial charge in [-0.1, -0.05) is 79.6 Å². The number of cyclic esters (lactones) is 1. The van der Waals surface area contributed by atoms with E-state index in [1.54, 1.807) is 0 Å². The minimum absolute atomic E-state index is 0.0743. The van der Waals surface area contributed by atoms with Gasteiger partial charge in [0.2, 0.25) is 3.23 Å². The molecule has 1 fully saturated rings. The van der Waals surface area contributed by atoms with E-state index >= 15 is 0 Å². The van der Waals surface area contributed by atoms with Crippen molar-refractivity contribution in [2.45, 2.75) is 17.7 Å². The van der Waals surface area contributed by atoms with E-state index in [1.807, 2.05) is 0 Å². The highest BCUT2D eigenvalue weighted by molar-refractivity contribution is 9.31. The van der Waals surface area contributed by atoms with Gasteiger partial charge in [-0.05, 0) is 6.42 Å². The first-order chi connectivity index (χ1) is 5.80. The minimum Gasteiger partial charge on any atom is -0.464 e. The molecule has 0 aliphatic carbocycles. The van der Waals surface area contributed by atoms with Gasteiger partial charge in [-0.15, -0.1) is 0 Å². The first-order valence-electron chi connectivity index (χ1n) is 3.37. The fourth-order valence-electron chi connectivity index (χ4n) is 0.860. The van der Waals surface area contributed by atoms with Crippen LogP contribution in [0.4, 0.5) is 0 Å². The van der Waals surface area contributed by atoms with Crippen molar-refractivity contribution in [2.75, 3.05) is 6.61 Å². The van der Waals surface area contributed by atoms with Gasteiger partial charge in [0, 0.05) is 4.83 Å². The molecule has 0 N–H and O–H groups in total. The molecule has 0 aromatic heterocycles. The molecule has 0 amide bonds. The lowest BCUT2D eigenvalue weighted by Gasteiger charge is -2.32. The Morgan fingerprint density at radius 1 is 1.31 bits per heavy atom. The monoisotopic (exact) mass is 504 g/mol. The van der Waals surface area contributed by atoms with Crippen molar-refractivity contribution in [3.05, 3.63) is 0 Å². The van der Waals surface area contributed by atoms with Gasteiger partial charge in [-0.2, -0.15) is 0 Å². The number of halogens is 5. The number of hydrogen-bond donors (Lipinski definition) is 0. The van der Waals surface area contributed by atoms with Crippen LogP contribution in [0.1, 0.15) is 6.42 Å². The van der Waals surface area contributed by atoms with Crippen LogP contribution in [0.25, 0.3) is 0 Å². The molecule has 0 radical (unpaired) electrons. The topological polar surface area (TPSA) is 26.3 Å². The molecule has 1 saturated heterocycles. The SMILES string of the molecule is O=C1OCCC(Br)C(Br)(Br)C1(Br)Br. The van der Waals surface area contributed by atoms with E-state index in [0.29, 0.717) is 6.61 Å². The summed E-state index contributed by atoms with van der Waals surface area (Å²) in [4.78, 5) is 11.6. The Kier molecular flexibility index (Phi) is 4.37. The highest BCUT2D eigenvalue weighted by Gasteiger charge is 2.57. The summed E-state index contributed by atoms with van der Waals surface area (Å²) in [6, 6.07) is 0. The second-order valence-electron chi connectivity index (χ2n) is 2.59. The Hall–Kier alpha value is 1.87. The molecule has 13 heavy (non-hydrogen) atoms. The van der Waals surface area contributed by atoms with Gasteiger partial charge in [0.1, 0.15) is 3.23 Å². The van der Waals surface area contributed by atoms with Gasteiger partial charge in [0.05, 0.1) is 6.61 Å². The molecule has 1 rings (SSSR count). The number of hydrogen-bond acceptors (Lipinski definition) is 2. The average molecular weight is 509 g/mol. The molecule has 2 nitrogen and oxygen atoms in total. The standard InChI is InChI=1S/C6H5Br5O2/c7-3-1-2-13-4(12)6(10,11)5(3,8)9/h3H,1-2H2. The van der Waals surface area contributed by atoms with Crippen LogP contribution in [0.3, 0.4) is 0 Å². The van der Waals surface area contributed by atoms with E-state index in [2.05, 4.69) is 79.6 Å². The minimum atomic E-state index is -0.961. The normalized spacial score (nSPS) is 32.1. The van der Waals surface area contributed by atoms with Crippen LogP contribution in [0.15, 0.2) is 0 Å². The zero-order valence-corrected chi connectivity index (χ0v) is 14.1. The summed E-state index contributed by atoms with van der Waals surface area (Å²) >= 11 is 16.9. The highest BCUT2D eigenvalue weighted by atomic mass is 79.9. The maximum Gasteiger partial charge on any atom is 0.336 e. The zero-order valence-electron chi connectivity index (χ0n) is 6.20. The van der Waals surface area contributed by atoms with Gasteiger partial charge in [-0.25, -0.2) is 4.79 Å². The maximum absolute atomic E-state index is 11.5. The highest BCUT2D eigenvalue weighted by Crippen LogP contribution is 2.55. The van der Waals surface area contributed by atoms with Crippen LogP contribution in [0, 0.1) is 0 Å². The van der Waals surface area contributed by atoms with Crippen molar-refractivity contribution in [1.29, 1.82) is 0 Å². The van der Waals surface area contributed by atoms with E-state index < -0.39 is 6.47 Å². The van der Waals surface area contributed by atoms with Gasteiger partial charge in [-0.3, -0.25) is 0 Å². The molecule has 1 aliphatic heterocycles. The lowest BCUT2D eigenvalue weighted by atomic mass is 10.2. The summed E-state index contributed by atoms with van der Waals surface area (Å²) in [6.07, 6.45) is 0.737. The van der Waals surface area contributed by atoms with Crippen molar-refractivity contribution < 1.29 is 9.53 Å². The Morgan fingerprint density at radius 2 is 1.85 bits per heavy atom. The number of alkyl halides is 5. The first-order valence-corrected chi connectivity index (χ1v) is 7.46. The molecule has 1 aliphatic rings. The van der Waals surface area contributed by atoms with Gasteiger partial charge in [0.15, 0.2) is 0 Å². The molecular formula is C6H5Br5O2. The Balaban J connectivity index is 3.05. The van der Waals surface area contributed by atoms with Crippen molar-refractivity contribution in [2.24, 2.45) is 0 Å². The summed E-state index contributed by atoms with van der Waals surface area (Å²) in [5, 5.41) is 0. The van der Waals surface area contributed by atoms with Gasteiger partial charge < -0.3 is 4.74 Å². The maximum atomic E-state index is 11.5. The van der Waals surface area contributed by atoms with Crippen molar-refractivity contribution in [3.8, 4) is 0 Å². The van der Waals surface area contributed by atoms with Crippen molar-refractivity contribution >= 4 is 85.6 Å². The lowest BCUT2D eigenvalue weighted by molar-refractivity contribution is -0.142. The van der Waals surface area contributed by atoms with Crippen LogP contribution in [0.5, 0.6) is 0 Å². The summed E-state index contributed by atoms with van der Waals surface area (Å²) in [5.41, 5.74) is 0. The number of esters is 1. The first kappa shape index (κ1) is 12.9.